The molecule has 96 valence electrons. The van der Waals surface area contributed by atoms with E-state index >= 15 is 0 Å². The summed E-state index contributed by atoms with van der Waals surface area (Å²) in [4.78, 5) is 7.26. The van der Waals surface area contributed by atoms with Crippen molar-refractivity contribution in [2.45, 2.75) is 45.1 Å². The van der Waals surface area contributed by atoms with Crippen LogP contribution in [0.25, 0.3) is 0 Å². The molecular weight excluding hydrogens is 230 g/mol. The first-order valence-electron chi connectivity index (χ1n) is 6.72. The Labute approximate surface area is 108 Å². The average molecular weight is 253 g/mol. The molecule has 2 heterocycles. The zero-order chi connectivity index (χ0) is 12.1. The van der Waals surface area contributed by atoms with E-state index < -0.39 is 0 Å². The first kappa shape index (κ1) is 12.8. The minimum Gasteiger partial charge on any atom is -0.348 e. The van der Waals surface area contributed by atoms with Crippen LogP contribution in [0.4, 0.5) is 5.13 Å². The number of thiazole rings is 1. The van der Waals surface area contributed by atoms with Crippen molar-refractivity contribution in [1.29, 1.82) is 0 Å². The van der Waals surface area contributed by atoms with Crippen molar-refractivity contribution < 1.29 is 0 Å². The van der Waals surface area contributed by atoms with Gasteiger partial charge in [0, 0.05) is 24.5 Å². The summed E-state index contributed by atoms with van der Waals surface area (Å²) in [5.74, 6) is 0. The lowest BCUT2D eigenvalue weighted by Gasteiger charge is -2.19. The number of hydrogen-bond acceptors (Lipinski definition) is 4. The van der Waals surface area contributed by atoms with Gasteiger partial charge in [0.1, 0.15) is 0 Å². The third-order valence-electron chi connectivity index (χ3n) is 3.50. The Morgan fingerprint density at radius 1 is 1.35 bits per heavy atom. The van der Waals surface area contributed by atoms with Gasteiger partial charge in [-0.15, -0.1) is 11.3 Å². The van der Waals surface area contributed by atoms with Crippen molar-refractivity contribution in [3.8, 4) is 0 Å². The first-order chi connectivity index (χ1) is 8.35. The van der Waals surface area contributed by atoms with Gasteiger partial charge in [-0.2, -0.15) is 0 Å². The SMILES string of the molecule is CCC(NC)c1csc(N2CCCCCC2)n1. The van der Waals surface area contributed by atoms with Crippen LogP contribution in [0, 0.1) is 0 Å². The molecule has 1 saturated heterocycles. The molecule has 3 nitrogen and oxygen atoms in total. The normalized spacial score (nSPS) is 19.1. The Balaban J connectivity index is 2.05. The molecule has 1 aliphatic rings. The molecule has 1 fully saturated rings. The molecule has 1 aromatic rings. The second-order valence-corrected chi connectivity index (χ2v) is 5.54. The summed E-state index contributed by atoms with van der Waals surface area (Å²) in [7, 11) is 2.01. The van der Waals surface area contributed by atoms with Gasteiger partial charge in [0.25, 0.3) is 0 Å². The molecule has 2 rings (SSSR count). The van der Waals surface area contributed by atoms with Gasteiger partial charge in [0.05, 0.1) is 5.69 Å². The molecule has 1 aliphatic heterocycles. The van der Waals surface area contributed by atoms with E-state index in [4.69, 9.17) is 4.98 Å². The zero-order valence-corrected chi connectivity index (χ0v) is 11.7. The lowest BCUT2D eigenvalue weighted by atomic mass is 10.2. The summed E-state index contributed by atoms with van der Waals surface area (Å²) >= 11 is 1.80. The van der Waals surface area contributed by atoms with Crippen LogP contribution >= 0.6 is 11.3 Å². The fraction of sp³-hybridized carbons (Fsp3) is 0.769. The summed E-state index contributed by atoms with van der Waals surface area (Å²) in [5.41, 5.74) is 1.21. The quantitative estimate of drug-likeness (QED) is 0.893. The van der Waals surface area contributed by atoms with Crippen LogP contribution in [-0.4, -0.2) is 25.1 Å². The van der Waals surface area contributed by atoms with Crippen LogP contribution in [0.2, 0.25) is 0 Å². The van der Waals surface area contributed by atoms with E-state index in [0.717, 1.165) is 6.42 Å². The average Bonchev–Trinajstić information content (AvgIpc) is 2.67. The largest absolute Gasteiger partial charge is 0.348 e. The standard InChI is InChI=1S/C13H23N3S/c1-3-11(14-2)12-10-17-13(15-12)16-8-6-4-5-7-9-16/h10-11,14H,3-9H2,1-2H3. The maximum Gasteiger partial charge on any atom is 0.185 e. The van der Waals surface area contributed by atoms with Crippen LogP contribution in [0.15, 0.2) is 5.38 Å². The Morgan fingerprint density at radius 2 is 2.06 bits per heavy atom. The number of hydrogen-bond donors (Lipinski definition) is 1. The fourth-order valence-corrected chi connectivity index (χ4v) is 3.34. The molecule has 0 radical (unpaired) electrons. The highest BCUT2D eigenvalue weighted by atomic mass is 32.1. The molecular formula is C13H23N3S. The van der Waals surface area contributed by atoms with Crippen molar-refractivity contribution in [3.63, 3.8) is 0 Å². The van der Waals surface area contributed by atoms with Crippen LogP contribution in [0.5, 0.6) is 0 Å². The lowest BCUT2D eigenvalue weighted by Crippen LogP contribution is -2.24. The number of rotatable bonds is 4. The number of anilines is 1. The minimum absolute atomic E-state index is 0.409. The second kappa shape index (κ2) is 6.36. The molecule has 1 N–H and O–H groups in total. The molecule has 0 amide bonds. The summed E-state index contributed by atoms with van der Waals surface area (Å²) in [6.07, 6.45) is 6.49. The Hall–Kier alpha value is -0.610. The highest BCUT2D eigenvalue weighted by Gasteiger charge is 2.16. The molecule has 17 heavy (non-hydrogen) atoms. The van der Waals surface area contributed by atoms with E-state index in [1.807, 2.05) is 7.05 Å². The summed E-state index contributed by atoms with van der Waals surface area (Å²) < 4.78 is 0. The predicted octanol–water partition coefficient (Wildman–Crippen LogP) is 3.19. The van der Waals surface area contributed by atoms with E-state index in [-0.39, 0.29) is 0 Å². The summed E-state index contributed by atoms with van der Waals surface area (Å²) in [6.45, 7) is 4.57. The van der Waals surface area contributed by atoms with E-state index in [2.05, 4.69) is 22.5 Å². The fourth-order valence-electron chi connectivity index (χ4n) is 2.40. The van der Waals surface area contributed by atoms with E-state index in [1.54, 1.807) is 11.3 Å². The monoisotopic (exact) mass is 253 g/mol. The van der Waals surface area contributed by atoms with Crippen molar-refractivity contribution in [3.05, 3.63) is 11.1 Å². The van der Waals surface area contributed by atoms with Gasteiger partial charge in [0.2, 0.25) is 0 Å². The van der Waals surface area contributed by atoms with Crippen LogP contribution in [-0.2, 0) is 0 Å². The van der Waals surface area contributed by atoms with Crippen LogP contribution in [0.3, 0.4) is 0 Å². The van der Waals surface area contributed by atoms with Crippen molar-refractivity contribution in [2.24, 2.45) is 0 Å². The molecule has 0 spiro atoms. The van der Waals surface area contributed by atoms with Gasteiger partial charge in [-0.05, 0) is 26.3 Å². The zero-order valence-electron chi connectivity index (χ0n) is 10.9. The molecule has 0 saturated carbocycles. The molecule has 0 aromatic carbocycles. The van der Waals surface area contributed by atoms with Gasteiger partial charge in [-0.1, -0.05) is 19.8 Å². The van der Waals surface area contributed by atoms with Gasteiger partial charge in [0.15, 0.2) is 5.13 Å². The topological polar surface area (TPSA) is 28.2 Å². The summed E-state index contributed by atoms with van der Waals surface area (Å²) in [5, 5.41) is 6.75. The smallest absolute Gasteiger partial charge is 0.185 e. The highest BCUT2D eigenvalue weighted by molar-refractivity contribution is 7.13. The first-order valence-corrected chi connectivity index (χ1v) is 7.60. The Kier molecular flexibility index (Phi) is 4.80. The molecule has 0 bridgehead atoms. The molecule has 1 aromatic heterocycles. The maximum atomic E-state index is 4.80. The minimum atomic E-state index is 0.409. The van der Waals surface area contributed by atoms with Gasteiger partial charge in [-0.25, -0.2) is 4.98 Å². The van der Waals surface area contributed by atoms with Crippen LogP contribution in [0.1, 0.15) is 50.8 Å². The number of nitrogens with one attached hydrogen (secondary N) is 1. The maximum absolute atomic E-state index is 4.80. The molecule has 0 aliphatic carbocycles. The Bertz CT molecular complexity index is 325. The molecule has 1 unspecified atom stereocenters. The van der Waals surface area contributed by atoms with E-state index in [0.29, 0.717) is 6.04 Å². The van der Waals surface area contributed by atoms with E-state index in [1.165, 1.54) is 49.6 Å². The van der Waals surface area contributed by atoms with Crippen molar-refractivity contribution >= 4 is 16.5 Å². The second-order valence-electron chi connectivity index (χ2n) is 4.71. The molecule has 4 heteroatoms. The van der Waals surface area contributed by atoms with E-state index in [9.17, 15) is 0 Å². The Morgan fingerprint density at radius 3 is 2.65 bits per heavy atom. The molecule has 1 atom stereocenters. The third kappa shape index (κ3) is 3.19. The van der Waals surface area contributed by atoms with Crippen molar-refractivity contribution in [2.75, 3.05) is 25.0 Å². The van der Waals surface area contributed by atoms with Crippen molar-refractivity contribution in [1.82, 2.24) is 10.3 Å². The van der Waals surface area contributed by atoms with Gasteiger partial charge in [-0.3, -0.25) is 0 Å². The predicted molar refractivity (Wildman–Crippen MR) is 74.9 cm³/mol. The van der Waals surface area contributed by atoms with Gasteiger partial charge >= 0.3 is 0 Å². The third-order valence-corrected chi connectivity index (χ3v) is 4.42. The summed E-state index contributed by atoms with van der Waals surface area (Å²) in [6, 6.07) is 0.409. The highest BCUT2D eigenvalue weighted by Crippen LogP contribution is 2.27. The van der Waals surface area contributed by atoms with Crippen LogP contribution < -0.4 is 10.2 Å². The lowest BCUT2D eigenvalue weighted by molar-refractivity contribution is 0.564. The van der Waals surface area contributed by atoms with Gasteiger partial charge < -0.3 is 10.2 Å². The number of aromatic nitrogens is 1. The number of nitrogens with zero attached hydrogens (tertiary/aromatic N) is 2.